The minimum Gasteiger partial charge on any atom is -0.357 e. The Labute approximate surface area is 150 Å². The number of aromatic nitrogens is 1. The Kier molecular flexibility index (Phi) is 4.02. The zero-order chi connectivity index (χ0) is 18.3. The second-order valence-corrected chi connectivity index (χ2v) is 6.81. The lowest BCUT2D eigenvalue weighted by atomic mass is 9.92. The van der Waals surface area contributed by atoms with E-state index in [1.807, 2.05) is 24.3 Å². The van der Waals surface area contributed by atoms with Crippen LogP contribution >= 0.6 is 0 Å². The molecule has 0 saturated carbocycles. The number of fused-ring (bicyclic) bond motifs is 4. The monoisotopic (exact) mass is 355 g/mol. The van der Waals surface area contributed by atoms with Crippen LogP contribution in [0.4, 0.5) is 4.79 Å². The Bertz CT molecular complexity index is 890. The van der Waals surface area contributed by atoms with Gasteiger partial charge in [-0.2, -0.15) is 0 Å². The molecule has 1 aromatic carbocycles. The number of piperazine rings is 1. The van der Waals surface area contributed by atoms with Crippen molar-refractivity contribution in [3.63, 3.8) is 0 Å². The number of amides is 4. The maximum Gasteiger partial charge on any atom is 0.312 e. The van der Waals surface area contributed by atoms with E-state index in [0.29, 0.717) is 32.4 Å². The third-order valence-electron chi connectivity index (χ3n) is 5.17. The van der Waals surface area contributed by atoms with Gasteiger partial charge in [-0.1, -0.05) is 18.2 Å². The van der Waals surface area contributed by atoms with Crippen molar-refractivity contribution in [1.29, 1.82) is 0 Å². The van der Waals surface area contributed by atoms with Gasteiger partial charge in [-0.3, -0.25) is 9.59 Å². The van der Waals surface area contributed by atoms with E-state index in [-0.39, 0.29) is 11.8 Å². The molecule has 1 saturated heterocycles. The molecule has 0 spiro atoms. The van der Waals surface area contributed by atoms with E-state index in [9.17, 15) is 14.4 Å². The standard InChI is InChI=1S/C18H21N5O3/c19-18(26)20-7-3-6-13-17(25)23-9-14-11(8-15(23)16(24)22-13)10-4-1-2-5-12(10)21-14/h1-2,4-5,13,15,21H,3,6-9H2,(H,22,24)(H3,19,20,26)/t13-,15-/m0/s1. The van der Waals surface area contributed by atoms with Crippen LogP contribution in [-0.2, 0) is 22.6 Å². The van der Waals surface area contributed by atoms with Crippen molar-refractivity contribution in [2.45, 2.75) is 37.9 Å². The maximum atomic E-state index is 12.8. The zero-order valence-corrected chi connectivity index (χ0v) is 14.2. The highest BCUT2D eigenvalue weighted by Crippen LogP contribution is 2.32. The Morgan fingerprint density at radius 2 is 2.12 bits per heavy atom. The number of benzene rings is 1. The zero-order valence-electron chi connectivity index (χ0n) is 14.2. The number of nitrogens with two attached hydrogens (primary N) is 1. The molecule has 1 fully saturated rings. The first-order valence-electron chi connectivity index (χ1n) is 8.77. The number of carbonyl (C=O) groups is 3. The molecule has 8 nitrogen and oxygen atoms in total. The molecule has 136 valence electrons. The van der Waals surface area contributed by atoms with Crippen molar-refractivity contribution >= 4 is 28.7 Å². The smallest absolute Gasteiger partial charge is 0.312 e. The first-order valence-corrected chi connectivity index (χ1v) is 8.77. The van der Waals surface area contributed by atoms with Crippen LogP contribution in [0.3, 0.4) is 0 Å². The number of hydrogen-bond acceptors (Lipinski definition) is 3. The SMILES string of the molecule is NC(=O)NCCC[C@@H]1NC(=O)[C@@H]2Cc3c([nH]c4ccccc34)CN2C1=O. The summed E-state index contributed by atoms with van der Waals surface area (Å²) >= 11 is 0. The highest BCUT2D eigenvalue weighted by atomic mass is 16.2. The van der Waals surface area contributed by atoms with Crippen LogP contribution in [0.1, 0.15) is 24.1 Å². The number of para-hydroxylation sites is 1. The van der Waals surface area contributed by atoms with Gasteiger partial charge in [0.1, 0.15) is 12.1 Å². The first kappa shape index (κ1) is 16.4. The molecule has 0 unspecified atom stereocenters. The summed E-state index contributed by atoms with van der Waals surface area (Å²) in [5.41, 5.74) is 8.17. The number of nitrogens with zero attached hydrogens (tertiary/aromatic N) is 1. The predicted octanol–water partition coefficient (Wildman–Crippen LogP) is 0.368. The summed E-state index contributed by atoms with van der Waals surface area (Å²) in [6.07, 6.45) is 1.55. The molecule has 5 N–H and O–H groups in total. The molecule has 3 heterocycles. The quantitative estimate of drug-likeness (QED) is 0.593. The molecule has 4 rings (SSSR count). The van der Waals surface area contributed by atoms with E-state index in [0.717, 1.165) is 22.2 Å². The molecular formula is C18H21N5O3. The normalized spacial score (nSPS) is 21.9. The lowest BCUT2D eigenvalue weighted by Crippen LogP contribution is -2.64. The Hall–Kier alpha value is -3.03. The van der Waals surface area contributed by atoms with E-state index in [1.165, 1.54) is 0 Å². The summed E-state index contributed by atoms with van der Waals surface area (Å²) in [4.78, 5) is 41.2. The number of nitrogens with one attached hydrogen (secondary N) is 3. The molecule has 0 aliphatic carbocycles. The minimum absolute atomic E-state index is 0.0713. The summed E-state index contributed by atoms with van der Waals surface area (Å²) in [6, 6.07) is 6.37. The van der Waals surface area contributed by atoms with Crippen molar-refractivity contribution < 1.29 is 14.4 Å². The minimum atomic E-state index is -0.591. The second kappa shape index (κ2) is 6.36. The molecule has 8 heteroatoms. The van der Waals surface area contributed by atoms with Crippen molar-refractivity contribution in [2.24, 2.45) is 5.73 Å². The number of urea groups is 1. The summed E-state index contributed by atoms with van der Waals surface area (Å²) in [5.74, 6) is -0.189. The second-order valence-electron chi connectivity index (χ2n) is 6.81. The number of aromatic amines is 1. The molecule has 4 amide bonds. The Balaban J connectivity index is 1.52. The van der Waals surface area contributed by atoms with Crippen molar-refractivity contribution in [1.82, 2.24) is 20.5 Å². The summed E-state index contributed by atoms with van der Waals surface area (Å²) in [5, 5.41) is 6.44. The maximum absolute atomic E-state index is 12.8. The van der Waals surface area contributed by atoms with Crippen LogP contribution in [-0.4, -0.2) is 46.4 Å². The van der Waals surface area contributed by atoms with E-state index in [2.05, 4.69) is 15.6 Å². The lowest BCUT2D eigenvalue weighted by Gasteiger charge is -2.41. The number of hydrogen-bond donors (Lipinski definition) is 4. The van der Waals surface area contributed by atoms with E-state index < -0.39 is 18.1 Å². The summed E-state index contributed by atoms with van der Waals surface area (Å²) in [7, 11) is 0. The average molecular weight is 355 g/mol. The lowest BCUT2D eigenvalue weighted by molar-refractivity contribution is -0.150. The highest BCUT2D eigenvalue weighted by Gasteiger charge is 2.43. The molecule has 26 heavy (non-hydrogen) atoms. The van der Waals surface area contributed by atoms with Crippen molar-refractivity contribution in [3.05, 3.63) is 35.5 Å². The molecule has 0 bridgehead atoms. The fraction of sp³-hybridized carbons (Fsp3) is 0.389. The molecular weight excluding hydrogens is 334 g/mol. The largest absolute Gasteiger partial charge is 0.357 e. The highest BCUT2D eigenvalue weighted by molar-refractivity contribution is 5.98. The van der Waals surface area contributed by atoms with Crippen LogP contribution in [0.5, 0.6) is 0 Å². The van der Waals surface area contributed by atoms with Crippen LogP contribution < -0.4 is 16.4 Å². The van der Waals surface area contributed by atoms with E-state index in [4.69, 9.17) is 5.73 Å². The van der Waals surface area contributed by atoms with Gasteiger partial charge in [-0.25, -0.2) is 4.79 Å². The van der Waals surface area contributed by atoms with Gasteiger partial charge in [0.2, 0.25) is 11.8 Å². The Morgan fingerprint density at radius 1 is 1.31 bits per heavy atom. The van der Waals surface area contributed by atoms with Gasteiger partial charge < -0.3 is 26.3 Å². The summed E-state index contributed by atoms with van der Waals surface area (Å²) in [6.45, 7) is 0.793. The van der Waals surface area contributed by atoms with E-state index in [1.54, 1.807) is 4.90 Å². The van der Waals surface area contributed by atoms with Gasteiger partial charge in [0.05, 0.1) is 6.54 Å². The molecule has 2 aliphatic heterocycles. The third kappa shape index (κ3) is 2.77. The molecule has 2 atom stereocenters. The van der Waals surface area contributed by atoms with Gasteiger partial charge in [-0.15, -0.1) is 0 Å². The fourth-order valence-electron chi connectivity index (χ4n) is 3.92. The topological polar surface area (TPSA) is 120 Å². The molecule has 2 aromatic rings. The fourth-order valence-corrected chi connectivity index (χ4v) is 3.92. The van der Waals surface area contributed by atoms with Gasteiger partial charge in [0.25, 0.3) is 0 Å². The third-order valence-corrected chi connectivity index (χ3v) is 5.17. The van der Waals surface area contributed by atoms with Crippen LogP contribution in [0.25, 0.3) is 10.9 Å². The summed E-state index contributed by atoms with van der Waals surface area (Å²) < 4.78 is 0. The average Bonchev–Trinajstić information content (AvgIpc) is 2.99. The van der Waals surface area contributed by atoms with Crippen LogP contribution in [0, 0.1) is 0 Å². The van der Waals surface area contributed by atoms with Gasteiger partial charge in [0.15, 0.2) is 0 Å². The van der Waals surface area contributed by atoms with Gasteiger partial charge in [-0.05, 0) is 24.5 Å². The Morgan fingerprint density at radius 3 is 2.92 bits per heavy atom. The predicted molar refractivity (Wildman–Crippen MR) is 95.1 cm³/mol. The molecule has 2 aliphatic rings. The van der Waals surface area contributed by atoms with Gasteiger partial charge >= 0.3 is 6.03 Å². The molecule has 1 aromatic heterocycles. The number of H-pyrrole nitrogens is 1. The first-order chi connectivity index (χ1) is 12.5. The number of rotatable bonds is 4. The molecule has 0 radical (unpaired) electrons. The van der Waals surface area contributed by atoms with Crippen molar-refractivity contribution in [2.75, 3.05) is 6.54 Å². The van der Waals surface area contributed by atoms with Crippen molar-refractivity contribution in [3.8, 4) is 0 Å². The van der Waals surface area contributed by atoms with E-state index >= 15 is 0 Å². The number of primary amides is 1. The van der Waals surface area contributed by atoms with Gasteiger partial charge in [0, 0.05) is 29.6 Å². The van der Waals surface area contributed by atoms with Crippen LogP contribution in [0.15, 0.2) is 24.3 Å². The van der Waals surface area contributed by atoms with Crippen LogP contribution in [0.2, 0.25) is 0 Å². The number of carbonyl (C=O) groups excluding carboxylic acids is 3.